The number of hydrogen-bond acceptors (Lipinski definition) is 7. The number of thioether (sulfide) groups is 1. The molecule has 0 radical (unpaired) electrons. The molecule has 0 bridgehead atoms. The minimum absolute atomic E-state index is 0.0579. The summed E-state index contributed by atoms with van der Waals surface area (Å²) in [6.07, 6.45) is 1.43. The van der Waals surface area contributed by atoms with Gasteiger partial charge in [0, 0.05) is 29.7 Å². The zero-order valence-electron chi connectivity index (χ0n) is 18.5. The predicted octanol–water partition coefficient (Wildman–Crippen LogP) is 7.25. The first-order chi connectivity index (χ1) is 15.7. The van der Waals surface area contributed by atoms with Crippen molar-refractivity contribution >= 4 is 50.9 Å². The van der Waals surface area contributed by atoms with Crippen molar-refractivity contribution in [3.05, 3.63) is 87.5 Å². The summed E-state index contributed by atoms with van der Waals surface area (Å²) in [5, 5.41) is 20.9. The molecule has 0 aliphatic rings. The molecule has 1 aromatic heterocycles. The average molecular weight is 478 g/mol. The number of aliphatic imine (C=N–C) groups is 1. The zero-order chi connectivity index (χ0) is 23.6. The van der Waals surface area contributed by atoms with Gasteiger partial charge in [-0.1, -0.05) is 56.8 Å². The molecule has 0 atom stereocenters. The molecule has 0 saturated carbocycles. The monoisotopic (exact) mass is 477 g/mol. The number of thiazole rings is 1. The van der Waals surface area contributed by atoms with E-state index in [0.29, 0.717) is 11.3 Å². The van der Waals surface area contributed by atoms with Gasteiger partial charge in [-0.25, -0.2) is 4.98 Å². The molecule has 6 nitrogen and oxygen atoms in total. The van der Waals surface area contributed by atoms with Crippen LogP contribution >= 0.6 is 23.1 Å². The second-order valence-corrected chi connectivity index (χ2v) is 10.9. The lowest BCUT2D eigenvalue weighted by Gasteiger charge is -2.19. The van der Waals surface area contributed by atoms with Gasteiger partial charge in [-0.3, -0.25) is 15.1 Å². The van der Waals surface area contributed by atoms with E-state index in [1.807, 2.05) is 18.2 Å². The maximum Gasteiger partial charge on any atom is 0.270 e. The van der Waals surface area contributed by atoms with Crippen LogP contribution < -0.4 is 0 Å². The number of non-ortho nitro benzene ring substituents is 1. The molecule has 168 valence electrons. The largest absolute Gasteiger partial charge is 0.507 e. The number of phenolic OH excluding ortho intramolecular Hbond substituents is 1. The predicted molar refractivity (Wildman–Crippen MR) is 136 cm³/mol. The normalized spacial score (nSPS) is 12.0. The van der Waals surface area contributed by atoms with Gasteiger partial charge in [0.25, 0.3) is 5.69 Å². The lowest BCUT2D eigenvalue weighted by Crippen LogP contribution is -2.10. The Morgan fingerprint density at radius 1 is 1.12 bits per heavy atom. The van der Waals surface area contributed by atoms with Crippen LogP contribution in [0.2, 0.25) is 0 Å². The van der Waals surface area contributed by atoms with E-state index < -0.39 is 4.92 Å². The van der Waals surface area contributed by atoms with Crippen molar-refractivity contribution < 1.29 is 10.0 Å². The second-order valence-electron chi connectivity index (χ2n) is 8.63. The van der Waals surface area contributed by atoms with Gasteiger partial charge in [-0.2, -0.15) is 0 Å². The third-order valence-corrected chi connectivity index (χ3v) is 7.34. The van der Waals surface area contributed by atoms with Gasteiger partial charge in [-0.15, -0.1) is 11.3 Å². The third-order valence-electron chi connectivity index (χ3n) is 5.11. The van der Waals surface area contributed by atoms with Crippen LogP contribution in [0.25, 0.3) is 10.2 Å². The van der Waals surface area contributed by atoms with Crippen LogP contribution in [0.15, 0.2) is 70.0 Å². The number of fused-ring (bicyclic) bond motifs is 1. The number of hydrogen-bond donors (Lipinski definition) is 1. The fourth-order valence-electron chi connectivity index (χ4n) is 3.18. The van der Waals surface area contributed by atoms with Crippen molar-refractivity contribution in [2.24, 2.45) is 4.99 Å². The summed E-state index contributed by atoms with van der Waals surface area (Å²) in [5.41, 5.74) is 4.52. The summed E-state index contributed by atoms with van der Waals surface area (Å²) in [6.45, 7) is 6.63. The van der Waals surface area contributed by atoms with Crippen molar-refractivity contribution in [1.82, 2.24) is 4.98 Å². The van der Waals surface area contributed by atoms with Crippen LogP contribution in [0.5, 0.6) is 5.75 Å². The van der Waals surface area contributed by atoms with Gasteiger partial charge in [0.05, 0.1) is 20.8 Å². The van der Waals surface area contributed by atoms with Crippen LogP contribution in [0.4, 0.5) is 11.4 Å². The fraction of sp³-hybridized carbons (Fsp3) is 0.200. The third kappa shape index (κ3) is 5.58. The Bertz CT molecular complexity index is 1340. The van der Waals surface area contributed by atoms with Crippen molar-refractivity contribution in [3.8, 4) is 5.75 Å². The number of benzene rings is 3. The number of nitro benzene ring substituents is 1. The molecule has 1 N–H and O–H groups in total. The van der Waals surface area contributed by atoms with Gasteiger partial charge in [0.15, 0.2) is 4.34 Å². The molecular weight excluding hydrogens is 454 g/mol. The van der Waals surface area contributed by atoms with Crippen molar-refractivity contribution in [1.29, 1.82) is 0 Å². The zero-order valence-corrected chi connectivity index (χ0v) is 20.1. The van der Waals surface area contributed by atoms with E-state index in [0.717, 1.165) is 20.3 Å². The Morgan fingerprint density at radius 2 is 1.88 bits per heavy atom. The van der Waals surface area contributed by atoms with E-state index in [9.17, 15) is 15.2 Å². The van der Waals surface area contributed by atoms with E-state index in [-0.39, 0.29) is 16.9 Å². The number of aromatic hydroxyl groups is 1. The first-order valence-electron chi connectivity index (χ1n) is 10.3. The number of phenols is 1. The number of nitro groups is 1. The second kappa shape index (κ2) is 9.33. The Kier molecular flexibility index (Phi) is 6.49. The Balaban J connectivity index is 1.47. The van der Waals surface area contributed by atoms with Crippen LogP contribution in [0.3, 0.4) is 0 Å². The average Bonchev–Trinajstić information content (AvgIpc) is 3.19. The first kappa shape index (κ1) is 22.9. The standard InChI is InChI=1S/C25H23N3O3S2/c1-25(2,3)18-6-4-16(5-7-18)15-32-24-27-21-10-8-19(13-23(21)33-24)26-14-17-12-20(28(30)31)9-11-22(17)29/h4-14,29H,15H2,1-3H3. The highest BCUT2D eigenvalue weighted by Crippen LogP contribution is 2.34. The van der Waals surface area contributed by atoms with Gasteiger partial charge >= 0.3 is 0 Å². The maximum atomic E-state index is 11.0. The summed E-state index contributed by atoms with van der Waals surface area (Å²) in [5.74, 6) is 0.791. The minimum atomic E-state index is -0.502. The van der Waals surface area contributed by atoms with E-state index >= 15 is 0 Å². The lowest BCUT2D eigenvalue weighted by atomic mass is 9.87. The van der Waals surface area contributed by atoms with E-state index in [2.05, 4.69) is 50.0 Å². The van der Waals surface area contributed by atoms with Crippen molar-refractivity contribution in [2.45, 2.75) is 36.3 Å². The van der Waals surface area contributed by atoms with Crippen LogP contribution in [-0.4, -0.2) is 21.2 Å². The molecule has 0 unspecified atom stereocenters. The van der Waals surface area contributed by atoms with Crippen LogP contribution in [0.1, 0.15) is 37.5 Å². The Morgan fingerprint density at radius 3 is 2.58 bits per heavy atom. The fourth-order valence-corrected chi connectivity index (χ4v) is 5.24. The summed E-state index contributed by atoms with van der Waals surface area (Å²) < 4.78 is 2.00. The number of rotatable bonds is 6. The SMILES string of the molecule is CC(C)(C)c1ccc(CSc2nc3ccc(N=Cc4cc([N+](=O)[O-])ccc4O)cc3s2)cc1. The van der Waals surface area contributed by atoms with E-state index in [4.69, 9.17) is 4.98 Å². The van der Waals surface area contributed by atoms with Gasteiger partial charge in [0.2, 0.25) is 0 Å². The topological polar surface area (TPSA) is 88.6 Å². The molecule has 4 rings (SSSR count). The molecule has 0 amide bonds. The molecular formula is C25H23N3O3S2. The molecule has 8 heteroatoms. The summed E-state index contributed by atoms with van der Waals surface area (Å²) in [4.78, 5) is 19.5. The quantitative estimate of drug-likeness (QED) is 0.137. The van der Waals surface area contributed by atoms with E-state index in [1.165, 1.54) is 35.5 Å². The smallest absolute Gasteiger partial charge is 0.270 e. The van der Waals surface area contributed by atoms with Crippen LogP contribution in [-0.2, 0) is 11.2 Å². The molecule has 33 heavy (non-hydrogen) atoms. The molecule has 0 fully saturated rings. The minimum Gasteiger partial charge on any atom is -0.507 e. The molecule has 0 spiro atoms. The van der Waals surface area contributed by atoms with Crippen LogP contribution in [0, 0.1) is 10.1 Å². The molecule has 3 aromatic carbocycles. The number of nitrogens with zero attached hydrogens (tertiary/aromatic N) is 3. The summed E-state index contributed by atoms with van der Waals surface area (Å²) in [7, 11) is 0. The highest BCUT2D eigenvalue weighted by atomic mass is 32.2. The first-order valence-corrected chi connectivity index (χ1v) is 12.1. The highest BCUT2D eigenvalue weighted by molar-refractivity contribution is 8.00. The van der Waals surface area contributed by atoms with Crippen molar-refractivity contribution in [3.63, 3.8) is 0 Å². The van der Waals surface area contributed by atoms with Crippen molar-refractivity contribution in [2.75, 3.05) is 0 Å². The van der Waals surface area contributed by atoms with Gasteiger partial charge < -0.3 is 5.11 Å². The van der Waals surface area contributed by atoms with E-state index in [1.54, 1.807) is 23.1 Å². The summed E-state index contributed by atoms with van der Waals surface area (Å²) >= 11 is 3.32. The lowest BCUT2D eigenvalue weighted by molar-refractivity contribution is -0.384. The maximum absolute atomic E-state index is 11.0. The molecule has 0 aliphatic heterocycles. The summed E-state index contributed by atoms with van der Waals surface area (Å²) in [6, 6.07) is 18.3. The number of aromatic nitrogens is 1. The molecule has 4 aromatic rings. The van der Waals surface area contributed by atoms with Gasteiger partial charge in [-0.05, 0) is 40.8 Å². The molecule has 0 saturated heterocycles. The highest BCUT2D eigenvalue weighted by Gasteiger charge is 2.13. The molecule has 1 heterocycles. The van der Waals surface area contributed by atoms with Gasteiger partial charge in [0.1, 0.15) is 5.75 Å². The Hall–Kier alpha value is -3.23. The Labute approximate surface area is 200 Å². The molecule has 0 aliphatic carbocycles.